The Bertz CT molecular complexity index is 759. The standard InChI is InChI=1S/C16H11Cl2NO3/c17-12-7-10(8-14-16(12)22-6-5-21-14)1-2-13(20)11-3-4-19-15(18)9-11/h1-4,7-9H,5-6H2/b2-1+. The lowest BCUT2D eigenvalue weighted by Crippen LogP contribution is -2.15. The number of halogens is 2. The van der Waals surface area contributed by atoms with E-state index in [2.05, 4.69) is 4.98 Å². The molecule has 0 saturated carbocycles. The Hall–Kier alpha value is -2.04. The van der Waals surface area contributed by atoms with E-state index in [9.17, 15) is 4.79 Å². The quantitative estimate of drug-likeness (QED) is 0.482. The maximum Gasteiger partial charge on any atom is 0.186 e. The zero-order valence-electron chi connectivity index (χ0n) is 11.4. The van der Waals surface area contributed by atoms with E-state index in [4.69, 9.17) is 32.7 Å². The van der Waals surface area contributed by atoms with Gasteiger partial charge < -0.3 is 9.47 Å². The van der Waals surface area contributed by atoms with Crippen LogP contribution >= 0.6 is 23.2 Å². The van der Waals surface area contributed by atoms with Gasteiger partial charge in [-0.05, 0) is 35.9 Å². The van der Waals surface area contributed by atoms with E-state index in [-0.39, 0.29) is 10.9 Å². The number of aromatic nitrogens is 1. The van der Waals surface area contributed by atoms with Crippen molar-refractivity contribution in [1.82, 2.24) is 4.98 Å². The molecule has 0 unspecified atom stereocenters. The van der Waals surface area contributed by atoms with Gasteiger partial charge in [0.2, 0.25) is 0 Å². The highest BCUT2D eigenvalue weighted by Crippen LogP contribution is 2.38. The Balaban J connectivity index is 1.83. The number of hydrogen-bond acceptors (Lipinski definition) is 4. The predicted molar refractivity (Wildman–Crippen MR) is 85.1 cm³/mol. The maximum absolute atomic E-state index is 12.1. The highest BCUT2D eigenvalue weighted by atomic mass is 35.5. The average Bonchev–Trinajstić information content (AvgIpc) is 2.53. The maximum atomic E-state index is 12.1. The number of carbonyl (C=O) groups excluding carboxylic acids is 1. The van der Waals surface area contributed by atoms with Gasteiger partial charge in [0.05, 0.1) is 5.02 Å². The van der Waals surface area contributed by atoms with Crippen LogP contribution in [-0.2, 0) is 0 Å². The van der Waals surface area contributed by atoms with Gasteiger partial charge in [-0.2, -0.15) is 0 Å². The van der Waals surface area contributed by atoms with Gasteiger partial charge in [-0.3, -0.25) is 4.79 Å². The van der Waals surface area contributed by atoms with Gasteiger partial charge in [0.1, 0.15) is 18.4 Å². The van der Waals surface area contributed by atoms with Crippen LogP contribution in [0, 0.1) is 0 Å². The van der Waals surface area contributed by atoms with E-state index in [1.165, 1.54) is 18.3 Å². The predicted octanol–water partition coefficient (Wildman–Crippen LogP) is 4.06. The first-order valence-electron chi connectivity index (χ1n) is 6.56. The van der Waals surface area contributed by atoms with Crippen molar-refractivity contribution in [2.24, 2.45) is 0 Å². The number of rotatable bonds is 3. The minimum Gasteiger partial charge on any atom is -0.486 e. The summed E-state index contributed by atoms with van der Waals surface area (Å²) < 4.78 is 10.9. The monoisotopic (exact) mass is 335 g/mol. The number of ether oxygens (including phenoxy) is 2. The number of hydrogen-bond donors (Lipinski definition) is 0. The first kappa shape index (κ1) is 14.9. The fourth-order valence-electron chi connectivity index (χ4n) is 2.05. The van der Waals surface area contributed by atoms with Gasteiger partial charge in [0, 0.05) is 11.8 Å². The molecule has 4 nitrogen and oxygen atoms in total. The highest BCUT2D eigenvalue weighted by Gasteiger charge is 2.16. The van der Waals surface area contributed by atoms with Crippen molar-refractivity contribution in [2.75, 3.05) is 13.2 Å². The summed E-state index contributed by atoms with van der Waals surface area (Å²) in [5, 5.41) is 0.734. The highest BCUT2D eigenvalue weighted by molar-refractivity contribution is 6.32. The number of nitrogens with zero attached hydrogens (tertiary/aromatic N) is 1. The van der Waals surface area contributed by atoms with Gasteiger partial charge in [0.25, 0.3) is 0 Å². The second kappa shape index (κ2) is 6.38. The molecule has 1 aliphatic heterocycles. The van der Waals surface area contributed by atoms with Crippen molar-refractivity contribution in [2.45, 2.75) is 0 Å². The van der Waals surface area contributed by atoms with Crippen LogP contribution < -0.4 is 9.47 Å². The lowest BCUT2D eigenvalue weighted by molar-refractivity contribution is 0.104. The summed E-state index contributed by atoms with van der Waals surface area (Å²) in [4.78, 5) is 15.9. The van der Waals surface area contributed by atoms with Crippen LogP contribution in [0.4, 0.5) is 0 Å². The molecule has 0 amide bonds. The lowest BCUT2D eigenvalue weighted by atomic mass is 10.1. The van der Waals surface area contributed by atoms with E-state index in [1.807, 2.05) is 0 Å². The third kappa shape index (κ3) is 3.24. The van der Waals surface area contributed by atoms with Crippen molar-refractivity contribution in [3.8, 4) is 11.5 Å². The second-order valence-corrected chi connectivity index (χ2v) is 5.39. The van der Waals surface area contributed by atoms with E-state index >= 15 is 0 Å². The zero-order chi connectivity index (χ0) is 15.5. The molecule has 1 aromatic carbocycles. The topological polar surface area (TPSA) is 48.4 Å². The molecule has 2 aromatic rings. The number of benzene rings is 1. The molecular weight excluding hydrogens is 325 g/mol. The molecule has 0 bridgehead atoms. The summed E-state index contributed by atoms with van der Waals surface area (Å²) in [5.74, 6) is 0.949. The van der Waals surface area contributed by atoms with Crippen molar-refractivity contribution < 1.29 is 14.3 Å². The Morgan fingerprint density at radius 3 is 2.82 bits per heavy atom. The van der Waals surface area contributed by atoms with Crippen LogP contribution in [-0.4, -0.2) is 24.0 Å². The van der Waals surface area contributed by atoms with Crippen molar-refractivity contribution in [1.29, 1.82) is 0 Å². The number of allylic oxidation sites excluding steroid dienone is 1. The van der Waals surface area contributed by atoms with Crippen molar-refractivity contribution in [3.63, 3.8) is 0 Å². The number of pyridine rings is 1. The third-order valence-electron chi connectivity index (χ3n) is 3.06. The van der Waals surface area contributed by atoms with E-state index in [0.29, 0.717) is 35.3 Å². The van der Waals surface area contributed by atoms with Gasteiger partial charge in [0.15, 0.2) is 17.3 Å². The van der Waals surface area contributed by atoms with E-state index < -0.39 is 0 Å². The summed E-state index contributed by atoms with van der Waals surface area (Å²) >= 11 is 11.9. The van der Waals surface area contributed by atoms with Crippen molar-refractivity contribution in [3.05, 3.63) is 57.8 Å². The van der Waals surface area contributed by atoms with Gasteiger partial charge in [-0.1, -0.05) is 29.3 Å². The number of carbonyl (C=O) groups is 1. The van der Waals surface area contributed by atoms with Gasteiger partial charge >= 0.3 is 0 Å². The van der Waals surface area contributed by atoms with Crippen LogP contribution in [0.5, 0.6) is 11.5 Å². The van der Waals surface area contributed by atoms with Crippen LogP contribution in [0.2, 0.25) is 10.2 Å². The molecule has 22 heavy (non-hydrogen) atoms. The third-order valence-corrected chi connectivity index (χ3v) is 3.54. The zero-order valence-corrected chi connectivity index (χ0v) is 12.9. The Labute approximate surface area is 137 Å². The first-order chi connectivity index (χ1) is 10.6. The molecular formula is C16H11Cl2NO3. The summed E-state index contributed by atoms with van der Waals surface area (Å²) in [5.41, 5.74) is 1.22. The van der Waals surface area contributed by atoms with Crippen LogP contribution in [0.3, 0.4) is 0 Å². The molecule has 3 rings (SSSR count). The molecule has 1 aromatic heterocycles. The Morgan fingerprint density at radius 1 is 1.18 bits per heavy atom. The molecule has 0 N–H and O–H groups in total. The molecule has 6 heteroatoms. The summed E-state index contributed by atoms with van der Waals surface area (Å²) in [6.45, 7) is 0.953. The fourth-order valence-corrected chi connectivity index (χ4v) is 2.50. The molecule has 1 aliphatic rings. The Morgan fingerprint density at radius 2 is 2.00 bits per heavy atom. The fraction of sp³-hybridized carbons (Fsp3) is 0.125. The van der Waals surface area contributed by atoms with Crippen LogP contribution in [0.1, 0.15) is 15.9 Å². The SMILES string of the molecule is O=C(/C=C/c1cc(Cl)c2c(c1)OCCO2)c1ccnc(Cl)c1. The largest absolute Gasteiger partial charge is 0.486 e. The van der Waals surface area contributed by atoms with Gasteiger partial charge in [-0.15, -0.1) is 0 Å². The molecule has 0 atom stereocenters. The average molecular weight is 336 g/mol. The molecule has 0 spiro atoms. The van der Waals surface area contributed by atoms with Gasteiger partial charge in [-0.25, -0.2) is 4.98 Å². The van der Waals surface area contributed by atoms with E-state index in [1.54, 1.807) is 24.3 Å². The summed E-state index contributed by atoms with van der Waals surface area (Å²) in [7, 11) is 0. The minimum absolute atomic E-state index is 0.171. The Kier molecular flexibility index (Phi) is 4.32. The normalized spacial score (nSPS) is 13.4. The smallest absolute Gasteiger partial charge is 0.186 e. The molecule has 112 valence electrons. The number of fused-ring (bicyclic) bond motifs is 1. The van der Waals surface area contributed by atoms with E-state index in [0.717, 1.165) is 5.56 Å². The molecule has 0 aliphatic carbocycles. The molecule has 2 heterocycles. The molecule has 0 fully saturated rings. The molecule has 0 radical (unpaired) electrons. The second-order valence-electron chi connectivity index (χ2n) is 4.59. The van der Waals surface area contributed by atoms with Crippen LogP contribution in [0.25, 0.3) is 6.08 Å². The lowest BCUT2D eigenvalue weighted by Gasteiger charge is -2.19. The minimum atomic E-state index is -0.171. The number of ketones is 1. The first-order valence-corrected chi connectivity index (χ1v) is 7.32. The van der Waals surface area contributed by atoms with Crippen molar-refractivity contribution >= 4 is 35.1 Å². The molecule has 0 saturated heterocycles. The summed E-state index contributed by atoms with van der Waals surface area (Å²) in [6, 6.07) is 6.63. The summed E-state index contributed by atoms with van der Waals surface area (Å²) in [6.07, 6.45) is 4.61. The van der Waals surface area contributed by atoms with Crippen LogP contribution in [0.15, 0.2) is 36.5 Å².